The van der Waals surface area contributed by atoms with E-state index in [0.29, 0.717) is 136 Å². The first kappa shape index (κ1) is 72.4. The normalized spacial score (nSPS) is 11.4. The number of carbonyl (C=O) groups excluding carboxylic acids is 6. The fourth-order valence-corrected chi connectivity index (χ4v) is 8.09. The third-order valence-corrected chi connectivity index (χ3v) is 12.6. The van der Waals surface area contributed by atoms with Crippen LogP contribution in [0.25, 0.3) is 0 Å². The summed E-state index contributed by atoms with van der Waals surface area (Å²) in [6, 6.07) is 0. The number of unbranched alkanes of at least 4 members (excludes halogenated alkanes) is 15. The van der Waals surface area contributed by atoms with Crippen LogP contribution in [0.1, 0.15) is 154 Å². The van der Waals surface area contributed by atoms with Gasteiger partial charge in [0.2, 0.25) is 0 Å². The summed E-state index contributed by atoms with van der Waals surface area (Å²) in [4.78, 5) is 81.2. The highest BCUT2D eigenvalue weighted by Gasteiger charge is 2.14. The zero-order valence-electron chi connectivity index (χ0n) is 46.3. The van der Waals surface area contributed by atoms with Gasteiger partial charge in [0.15, 0.2) is 0 Å². The van der Waals surface area contributed by atoms with E-state index in [4.69, 9.17) is 59.1 Å². The molecule has 76 heavy (non-hydrogen) atoms. The number of carbonyl (C=O) groups is 6. The van der Waals surface area contributed by atoms with Crippen LogP contribution >= 0.6 is 0 Å². The molecule has 0 rings (SSSR count). The van der Waals surface area contributed by atoms with Crippen LogP contribution in [0.3, 0.4) is 0 Å². The average molecular weight is 1100 g/mol. The highest BCUT2D eigenvalue weighted by Crippen LogP contribution is 2.13. The minimum absolute atomic E-state index is 0.0293. The molecule has 0 aromatic heterocycles. The molecule has 0 aliphatic carbocycles. The van der Waals surface area contributed by atoms with E-state index in [1.54, 1.807) is 0 Å². The summed E-state index contributed by atoms with van der Waals surface area (Å²) in [5.41, 5.74) is 0. The summed E-state index contributed by atoms with van der Waals surface area (Å²) in [7, 11) is 0. The van der Waals surface area contributed by atoms with Gasteiger partial charge in [-0.15, -0.1) is 0 Å². The van der Waals surface area contributed by atoms with Crippen molar-refractivity contribution in [2.45, 2.75) is 154 Å². The largest absolute Gasteiger partial charge is 0.464 e. The third kappa shape index (κ3) is 48.8. The Hall–Kier alpha value is -3.58. The molecule has 22 heteroatoms. The minimum Gasteiger partial charge on any atom is -0.464 e. The molecular formula is C54H102N4O18. The second kappa shape index (κ2) is 54.8. The Morgan fingerprint density at radius 1 is 0.211 bits per heavy atom. The Morgan fingerprint density at radius 2 is 0.342 bits per heavy atom. The topological polar surface area (TPSA) is 292 Å². The fourth-order valence-electron chi connectivity index (χ4n) is 8.09. The number of esters is 6. The summed E-state index contributed by atoms with van der Waals surface area (Å²) in [5.74, 6) is -1.70. The molecule has 0 radical (unpaired) electrons. The van der Waals surface area contributed by atoms with Crippen molar-refractivity contribution >= 4 is 35.8 Å². The van der Waals surface area contributed by atoms with Gasteiger partial charge in [-0.3, -0.25) is 48.4 Å². The average Bonchev–Trinajstić information content (AvgIpc) is 3.38. The summed E-state index contributed by atoms with van der Waals surface area (Å²) < 4.78 is 32.4. The summed E-state index contributed by atoms with van der Waals surface area (Å²) in [6.45, 7) is 5.80. The van der Waals surface area contributed by atoms with Crippen molar-refractivity contribution in [1.29, 1.82) is 0 Å². The van der Waals surface area contributed by atoms with Crippen LogP contribution in [-0.4, -0.2) is 244 Å². The van der Waals surface area contributed by atoms with E-state index in [1.165, 1.54) is 0 Å². The number of hydrogen-bond donors (Lipinski definition) is 6. The highest BCUT2D eigenvalue weighted by molar-refractivity contribution is 5.71. The molecule has 0 bridgehead atoms. The van der Waals surface area contributed by atoms with Crippen LogP contribution in [0.5, 0.6) is 0 Å². The molecule has 0 aromatic carbocycles. The highest BCUT2D eigenvalue weighted by atomic mass is 16.6. The SMILES string of the molecule is O=C(CCCCCCCCC(=O)OCCN(CCOC(=O)CCCCCCCCC(=O)OCCN(CCO)CCO)CCOC(=O)CCCCCCCCC(=O)OCCN(CCO)CCO)OCCN(CCO)CCO. The minimum atomic E-state index is -0.302. The molecule has 0 fully saturated rings. The molecule has 0 aromatic rings. The second-order valence-electron chi connectivity index (χ2n) is 18.9. The Balaban J connectivity index is 4.55. The van der Waals surface area contributed by atoms with Gasteiger partial charge in [0.1, 0.15) is 39.6 Å². The molecule has 0 aliphatic heterocycles. The Bertz CT molecular complexity index is 1240. The van der Waals surface area contributed by atoms with Crippen molar-refractivity contribution in [1.82, 2.24) is 19.6 Å². The molecule has 0 spiro atoms. The number of rotatable bonds is 57. The molecule has 0 atom stereocenters. The van der Waals surface area contributed by atoms with Gasteiger partial charge in [-0.2, -0.15) is 0 Å². The lowest BCUT2D eigenvalue weighted by atomic mass is 10.1. The summed E-state index contributed by atoms with van der Waals surface area (Å²) in [5, 5.41) is 54.5. The lowest BCUT2D eigenvalue weighted by Gasteiger charge is -2.22. The molecular weight excluding hydrogens is 993 g/mol. The predicted octanol–water partition coefficient (Wildman–Crippen LogP) is 2.77. The molecule has 0 unspecified atom stereocenters. The second-order valence-corrected chi connectivity index (χ2v) is 18.9. The smallest absolute Gasteiger partial charge is 0.305 e. The van der Waals surface area contributed by atoms with Gasteiger partial charge >= 0.3 is 35.8 Å². The molecule has 6 N–H and O–H groups in total. The van der Waals surface area contributed by atoms with E-state index < -0.39 is 0 Å². The number of hydrogen-bond acceptors (Lipinski definition) is 22. The number of aliphatic hydroxyl groups is 6. The Labute approximate surface area is 454 Å². The number of aliphatic hydroxyl groups excluding tert-OH is 6. The zero-order chi connectivity index (χ0) is 56.0. The molecule has 0 heterocycles. The summed E-state index contributed by atoms with van der Waals surface area (Å²) in [6.07, 6.45) is 16.8. The van der Waals surface area contributed by atoms with Crippen molar-refractivity contribution in [3.8, 4) is 0 Å². The van der Waals surface area contributed by atoms with Crippen LogP contribution in [0.15, 0.2) is 0 Å². The molecule has 0 saturated heterocycles. The monoisotopic (exact) mass is 1090 g/mol. The van der Waals surface area contributed by atoms with Crippen molar-refractivity contribution < 1.29 is 87.8 Å². The first-order valence-corrected chi connectivity index (χ1v) is 28.5. The van der Waals surface area contributed by atoms with Crippen LogP contribution in [0.2, 0.25) is 0 Å². The Morgan fingerprint density at radius 3 is 0.487 bits per heavy atom. The summed E-state index contributed by atoms with van der Waals surface area (Å²) >= 11 is 0. The standard InChI is InChI=1S/C54H102N4O18/c59-37-25-55(26-38-60)31-43-71-49(65)19-13-7-1-4-10-16-22-52(68)74-46-34-58(35-47-75-53(69)23-17-11-5-2-8-14-20-50(66)72-44-32-56(27-39-61)28-40-62)36-48-76-54(70)24-18-12-6-3-9-15-21-51(67)73-45-33-57(29-41-63)30-42-64/h59-64H,1-48H2. The van der Waals surface area contributed by atoms with E-state index in [1.807, 2.05) is 19.6 Å². The maximum absolute atomic E-state index is 12.5. The van der Waals surface area contributed by atoms with Gasteiger partial charge in [0, 0.05) is 117 Å². The van der Waals surface area contributed by atoms with Gasteiger partial charge in [-0.1, -0.05) is 77.0 Å². The van der Waals surface area contributed by atoms with Crippen LogP contribution in [0, 0.1) is 0 Å². The zero-order valence-corrected chi connectivity index (χ0v) is 46.3. The number of nitrogens with zero attached hydrogens (tertiary/aromatic N) is 4. The van der Waals surface area contributed by atoms with Crippen molar-refractivity contribution in [2.75, 3.05) is 158 Å². The van der Waals surface area contributed by atoms with E-state index in [0.717, 1.165) is 77.0 Å². The quantitative estimate of drug-likeness (QED) is 0.0290. The molecule has 0 aliphatic rings. The van der Waals surface area contributed by atoms with E-state index >= 15 is 0 Å². The van der Waals surface area contributed by atoms with E-state index in [-0.39, 0.29) is 134 Å². The first-order chi connectivity index (χ1) is 37.0. The van der Waals surface area contributed by atoms with E-state index in [2.05, 4.69) is 0 Å². The Kier molecular flexibility index (Phi) is 52.2. The van der Waals surface area contributed by atoms with Crippen molar-refractivity contribution in [2.24, 2.45) is 0 Å². The lowest BCUT2D eigenvalue weighted by Crippen LogP contribution is -2.35. The third-order valence-electron chi connectivity index (χ3n) is 12.6. The van der Waals surface area contributed by atoms with Gasteiger partial charge in [-0.05, 0) is 38.5 Å². The van der Waals surface area contributed by atoms with Gasteiger partial charge in [-0.25, -0.2) is 0 Å². The maximum Gasteiger partial charge on any atom is 0.305 e. The molecule has 22 nitrogen and oxygen atoms in total. The van der Waals surface area contributed by atoms with Gasteiger partial charge in [0.05, 0.1) is 39.6 Å². The number of ether oxygens (including phenoxy) is 6. The van der Waals surface area contributed by atoms with Gasteiger partial charge in [0.25, 0.3) is 0 Å². The predicted molar refractivity (Wildman–Crippen MR) is 285 cm³/mol. The van der Waals surface area contributed by atoms with E-state index in [9.17, 15) is 28.8 Å². The molecule has 0 amide bonds. The fraction of sp³-hybridized carbons (Fsp3) is 0.889. The molecule has 0 saturated carbocycles. The first-order valence-electron chi connectivity index (χ1n) is 28.5. The lowest BCUT2D eigenvalue weighted by molar-refractivity contribution is -0.146. The van der Waals surface area contributed by atoms with Crippen molar-refractivity contribution in [3.63, 3.8) is 0 Å². The maximum atomic E-state index is 12.5. The van der Waals surface area contributed by atoms with Crippen LogP contribution in [0.4, 0.5) is 0 Å². The van der Waals surface area contributed by atoms with Crippen LogP contribution in [-0.2, 0) is 57.2 Å². The van der Waals surface area contributed by atoms with Gasteiger partial charge < -0.3 is 59.1 Å². The van der Waals surface area contributed by atoms with Crippen molar-refractivity contribution in [3.05, 3.63) is 0 Å². The molecule has 446 valence electrons. The van der Waals surface area contributed by atoms with Crippen LogP contribution < -0.4 is 0 Å².